The summed E-state index contributed by atoms with van der Waals surface area (Å²) in [5.41, 5.74) is 0. The molecule has 8 heteroatoms. The number of halogens is 1. The summed E-state index contributed by atoms with van der Waals surface area (Å²) in [4.78, 5) is 0. The number of sulfonamides is 1. The number of aliphatic hydroxyl groups is 1. The number of nitrogens with zero attached hydrogens (tertiary/aromatic N) is 2. The second-order valence-corrected chi connectivity index (χ2v) is 6.54. The van der Waals surface area contributed by atoms with Crippen LogP contribution in [-0.2, 0) is 17.1 Å². The van der Waals surface area contributed by atoms with Crippen LogP contribution >= 0.6 is 11.6 Å². The molecule has 1 aliphatic carbocycles. The number of nitrogens with one attached hydrogen (secondary N) is 1. The zero-order valence-electron chi connectivity index (χ0n) is 10.0. The van der Waals surface area contributed by atoms with Crippen LogP contribution in [0.4, 0.5) is 0 Å². The smallest absolute Gasteiger partial charge is 0.259 e. The molecule has 0 saturated heterocycles. The Morgan fingerprint density at radius 3 is 2.72 bits per heavy atom. The molecular formula is C10H16ClN3O3S. The lowest BCUT2D eigenvalue weighted by atomic mass is 9.93. The molecule has 1 fully saturated rings. The maximum Gasteiger partial charge on any atom is 0.259 e. The topological polar surface area (TPSA) is 84.2 Å². The van der Waals surface area contributed by atoms with Gasteiger partial charge in [0.2, 0.25) is 0 Å². The Hall–Kier alpha value is -0.630. The van der Waals surface area contributed by atoms with Crippen LogP contribution in [0.5, 0.6) is 0 Å². The van der Waals surface area contributed by atoms with Crippen molar-refractivity contribution in [3.05, 3.63) is 11.2 Å². The first-order valence-corrected chi connectivity index (χ1v) is 7.66. The third-order valence-electron chi connectivity index (χ3n) is 3.13. The first-order valence-electron chi connectivity index (χ1n) is 5.79. The number of rotatable bonds is 3. The fourth-order valence-corrected chi connectivity index (χ4v) is 4.17. The molecule has 1 aliphatic rings. The predicted octanol–water partition coefficient (Wildman–Crippen LogP) is 0.655. The summed E-state index contributed by atoms with van der Waals surface area (Å²) in [6.07, 6.45) is 3.73. The molecule has 0 aromatic carbocycles. The molecule has 1 heterocycles. The van der Waals surface area contributed by atoms with E-state index in [1.54, 1.807) is 0 Å². The average molecular weight is 294 g/mol. The molecule has 1 aromatic heterocycles. The highest BCUT2D eigenvalue weighted by molar-refractivity contribution is 7.89. The lowest BCUT2D eigenvalue weighted by molar-refractivity contribution is 0.101. The van der Waals surface area contributed by atoms with Gasteiger partial charge in [-0.1, -0.05) is 24.4 Å². The Morgan fingerprint density at radius 2 is 2.17 bits per heavy atom. The minimum atomic E-state index is -3.75. The summed E-state index contributed by atoms with van der Waals surface area (Å²) in [6, 6.07) is -0.449. The van der Waals surface area contributed by atoms with Crippen LogP contribution in [0.15, 0.2) is 11.2 Å². The fourth-order valence-electron chi connectivity index (χ4n) is 2.21. The van der Waals surface area contributed by atoms with Gasteiger partial charge in [0.05, 0.1) is 17.3 Å². The van der Waals surface area contributed by atoms with Crippen LogP contribution in [0, 0.1) is 0 Å². The van der Waals surface area contributed by atoms with Crippen LogP contribution in [-0.4, -0.2) is 35.5 Å². The van der Waals surface area contributed by atoms with Crippen LogP contribution < -0.4 is 4.72 Å². The van der Waals surface area contributed by atoms with Crippen LogP contribution in [0.2, 0.25) is 5.02 Å². The maximum atomic E-state index is 12.2. The molecule has 0 radical (unpaired) electrons. The normalized spacial score (nSPS) is 25.3. The standard InChI is InChI=1S/C10H16ClN3O3S/c1-14-10(7(11)6-12-14)18(16,17)13-8-4-2-3-5-9(8)15/h6,8-9,13,15H,2-5H2,1H3/t8-,9-/m1/s1. The Balaban J connectivity index is 2.22. The second kappa shape index (κ2) is 5.16. The highest BCUT2D eigenvalue weighted by atomic mass is 35.5. The van der Waals surface area contributed by atoms with E-state index in [-0.39, 0.29) is 10.0 Å². The summed E-state index contributed by atoms with van der Waals surface area (Å²) in [6.45, 7) is 0. The van der Waals surface area contributed by atoms with Crippen molar-refractivity contribution in [1.82, 2.24) is 14.5 Å². The van der Waals surface area contributed by atoms with Crippen LogP contribution in [0.25, 0.3) is 0 Å². The summed E-state index contributed by atoms with van der Waals surface area (Å²) in [7, 11) is -2.24. The van der Waals surface area contributed by atoms with Crippen molar-refractivity contribution in [2.24, 2.45) is 7.05 Å². The zero-order chi connectivity index (χ0) is 13.3. The third-order valence-corrected chi connectivity index (χ3v) is 5.13. The monoisotopic (exact) mass is 293 g/mol. The first-order chi connectivity index (χ1) is 8.42. The molecule has 2 N–H and O–H groups in total. The Bertz CT molecular complexity index is 509. The van der Waals surface area contributed by atoms with E-state index in [1.165, 1.54) is 17.9 Å². The molecule has 0 unspecified atom stereocenters. The lowest BCUT2D eigenvalue weighted by Crippen LogP contribution is -2.45. The van der Waals surface area contributed by atoms with Gasteiger partial charge in [0, 0.05) is 13.1 Å². The third kappa shape index (κ3) is 2.69. The van der Waals surface area contributed by atoms with Gasteiger partial charge >= 0.3 is 0 Å². The minimum Gasteiger partial charge on any atom is -0.391 e. The van der Waals surface area contributed by atoms with Crippen molar-refractivity contribution in [2.75, 3.05) is 0 Å². The number of hydrogen-bond acceptors (Lipinski definition) is 4. The number of hydrogen-bond donors (Lipinski definition) is 2. The number of aromatic nitrogens is 2. The zero-order valence-corrected chi connectivity index (χ0v) is 11.6. The molecular weight excluding hydrogens is 278 g/mol. The van der Waals surface area contributed by atoms with E-state index in [4.69, 9.17) is 11.6 Å². The van der Waals surface area contributed by atoms with E-state index in [1.807, 2.05) is 0 Å². The van der Waals surface area contributed by atoms with Gasteiger partial charge in [0.25, 0.3) is 10.0 Å². The molecule has 2 atom stereocenters. The fraction of sp³-hybridized carbons (Fsp3) is 0.700. The van der Waals surface area contributed by atoms with Crippen molar-refractivity contribution < 1.29 is 13.5 Å². The Morgan fingerprint density at radius 1 is 1.50 bits per heavy atom. The van der Waals surface area contributed by atoms with Crippen molar-refractivity contribution in [1.29, 1.82) is 0 Å². The Kier molecular flexibility index (Phi) is 3.96. The molecule has 2 rings (SSSR count). The molecule has 0 aliphatic heterocycles. The summed E-state index contributed by atoms with van der Waals surface area (Å²) >= 11 is 5.82. The molecule has 18 heavy (non-hydrogen) atoms. The van der Waals surface area contributed by atoms with Gasteiger partial charge in [-0.25, -0.2) is 13.1 Å². The Labute approximate surface area is 111 Å². The molecule has 6 nitrogen and oxygen atoms in total. The van der Waals surface area contributed by atoms with Gasteiger partial charge in [-0.3, -0.25) is 4.68 Å². The quantitative estimate of drug-likeness (QED) is 0.857. The largest absolute Gasteiger partial charge is 0.391 e. The van der Waals surface area contributed by atoms with Gasteiger partial charge in [0.1, 0.15) is 0 Å². The van der Waals surface area contributed by atoms with E-state index in [9.17, 15) is 13.5 Å². The van der Waals surface area contributed by atoms with Crippen LogP contribution in [0.1, 0.15) is 25.7 Å². The summed E-state index contributed by atoms with van der Waals surface area (Å²) in [5, 5.41) is 13.6. The van der Waals surface area contributed by atoms with Gasteiger partial charge in [-0.15, -0.1) is 0 Å². The second-order valence-electron chi connectivity index (χ2n) is 4.50. The van der Waals surface area contributed by atoms with Gasteiger partial charge in [-0.2, -0.15) is 5.10 Å². The van der Waals surface area contributed by atoms with E-state index in [2.05, 4.69) is 9.82 Å². The van der Waals surface area contributed by atoms with Gasteiger partial charge in [-0.05, 0) is 12.8 Å². The molecule has 0 spiro atoms. The highest BCUT2D eigenvalue weighted by Crippen LogP contribution is 2.23. The van der Waals surface area contributed by atoms with Crippen molar-refractivity contribution >= 4 is 21.6 Å². The van der Waals surface area contributed by atoms with Gasteiger partial charge in [0.15, 0.2) is 5.03 Å². The van der Waals surface area contributed by atoms with Crippen molar-refractivity contribution in [3.63, 3.8) is 0 Å². The lowest BCUT2D eigenvalue weighted by Gasteiger charge is -2.28. The number of aliphatic hydroxyl groups excluding tert-OH is 1. The molecule has 1 saturated carbocycles. The van der Waals surface area contributed by atoms with Crippen molar-refractivity contribution in [3.8, 4) is 0 Å². The molecule has 0 amide bonds. The first kappa shape index (κ1) is 13.8. The predicted molar refractivity (Wildman–Crippen MR) is 66.8 cm³/mol. The summed E-state index contributed by atoms with van der Waals surface area (Å²) < 4.78 is 28.1. The van der Waals surface area contributed by atoms with Gasteiger partial charge < -0.3 is 5.11 Å². The van der Waals surface area contributed by atoms with E-state index in [0.29, 0.717) is 12.8 Å². The van der Waals surface area contributed by atoms with E-state index >= 15 is 0 Å². The highest BCUT2D eigenvalue weighted by Gasteiger charge is 2.30. The number of aryl methyl sites for hydroxylation is 1. The average Bonchev–Trinajstić information content (AvgIpc) is 2.62. The van der Waals surface area contributed by atoms with E-state index < -0.39 is 22.2 Å². The minimum absolute atomic E-state index is 0.0676. The molecule has 0 bridgehead atoms. The molecule has 1 aromatic rings. The maximum absolute atomic E-state index is 12.2. The summed E-state index contributed by atoms with van der Waals surface area (Å²) in [5.74, 6) is 0. The van der Waals surface area contributed by atoms with Crippen molar-refractivity contribution in [2.45, 2.75) is 42.9 Å². The SMILES string of the molecule is Cn1ncc(Cl)c1S(=O)(=O)N[C@@H]1CCCC[C@H]1O. The van der Waals surface area contributed by atoms with E-state index in [0.717, 1.165) is 12.8 Å². The molecule has 102 valence electrons. The van der Waals surface area contributed by atoms with Crippen LogP contribution in [0.3, 0.4) is 0 Å².